The van der Waals surface area contributed by atoms with E-state index in [1.807, 2.05) is 6.07 Å². The van der Waals surface area contributed by atoms with Crippen LogP contribution in [0.2, 0.25) is 5.02 Å². The first-order valence-corrected chi connectivity index (χ1v) is 4.50. The highest BCUT2D eigenvalue weighted by Crippen LogP contribution is 2.15. The third-order valence-electron chi connectivity index (χ3n) is 1.80. The molecule has 0 aliphatic rings. The fraction of sp³-hybridized carbons (Fsp3) is 0.300. The Morgan fingerprint density at radius 3 is 2.86 bits per heavy atom. The van der Waals surface area contributed by atoms with E-state index in [-0.39, 0.29) is 12.4 Å². The van der Waals surface area contributed by atoms with Crippen molar-refractivity contribution in [3.8, 4) is 6.07 Å². The summed E-state index contributed by atoms with van der Waals surface area (Å²) in [6, 6.07) is 6.54. The molecule has 0 N–H and O–H groups in total. The van der Waals surface area contributed by atoms with Gasteiger partial charge in [0.15, 0.2) is 0 Å². The van der Waals surface area contributed by atoms with Gasteiger partial charge in [0.1, 0.15) is 5.82 Å². The summed E-state index contributed by atoms with van der Waals surface area (Å²) in [5.74, 6) is -0.331. The average molecular weight is 213 g/mol. The number of hydrogen-bond donors (Lipinski definition) is 0. The van der Waals surface area contributed by atoms with Crippen molar-refractivity contribution in [1.82, 2.24) is 4.90 Å². The molecule has 1 aromatic carbocycles. The zero-order valence-electron chi connectivity index (χ0n) is 7.80. The molecule has 0 unspecified atom stereocenters. The minimum absolute atomic E-state index is 0.280. The first kappa shape index (κ1) is 11.0. The zero-order valence-corrected chi connectivity index (χ0v) is 8.55. The van der Waals surface area contributed by atoms with Crippen LogP contribution in [0.4, 0.5) is 4.39 Å². The second-order valence-corrected chi connectivity index (χ2v) is 3.50. The molecule has 0 bridgehead atoms. The van der Waals surface area contributed by atoms with E-state index in [2.05, 4.69) is 0 Å². The van der Waals surface area contributed by atoms with Crippen LogP contribution in [0.3, 0.4) is 0 Å². The molecule has 0 aliphatic carbocycles. The third kappa shape index (κ3) is 2.99. The summed E-state index contributed by atoms with van der Waals surface area (Å²) in [5, 5.41) is 8.81. The first-order valence-electron chi connectivity index (χ1n) is 4.13. The van der Waals surface area contributed by atoms with Crippen LogP contribution < -0.4 is 0 Å². The lowest BCUT2D eigenvalue weighted by Crippen LogP contribution is -2.18. The van der Waals surface area contributed by atoms with Gasteiger partial charge in [-0.25, -0.2) is 4.39 Å². The van der Waals surface area contributed by atoms with Crippen molar-refractivity contribution in [3.05, 3.63) is 34.6 Å². The molecule has 0 fully saturated rings. The Labute approximate surface area is 87.5 Å². The van der Waals surface area contributed by atoms with Gasteiger partial charge < -0.3 is 0 Å². The fourth-order valence-corrected chi connectivity index (χ4v) is 1.28. The van der Waals surface area contributed by atoms with Crippen LogP contribution >= 0.6 is 11.6 Å². The zero-order chi connectivity index (χ0) is 10.6. The van der Waals surface area contributed by atoms with Gasteiger partial charge in [-0.05, 0) is 19.2 Å². The fourth-order valence-electron chi connectivity index (χ4n) is 1.12. The van der Waals surface area contributed by atoms with Crippen LogP contribution in [0.15, 0.2) is 18.2 Å². The van der Waals surface area contributed by atoms with Crippen molar-refractivity contribution in [2.45, 2.75) is 6.54 Å². The minimum atomic E-state index is -0.331. The summed E-state index contributed by atoms with van der Waals surface area (Å²) in [5.41, 5.74) is 0.548. The molecule has 1 rings (SSSR count). The Hall–Kier alpha value is -1.11. The SMILES string of the molecule is CN(CC#N)Cc1ccc(Cl)cc1F. The number of rotatable bonds is 3. The lowest BCUT2D eigenvalue weighted by Gasteiger charge is -2.12. The van der Waals surface area contributed by atoms with Crippen molar-refractivity contribution in [3.63, 3.8) is 0 Å². The number of nitriles is 1. The van der Waals surface area contributed by atoms with E-state index in [4.69, 9.17) is 16.9 Å². The Morgan fingerprint density at radius 1 is 1.57 bits per heavy atom. The Morgan fingerprint density at radius 2 is 2.29 bits per heavy atom. The monoisotopic (exact) mass is 212 g/mol. The second-order valence-electron chi connectivity index (χ2n) is 3.07. The van der Waals surface area contributed by atoms with Gasteiger partial charge in [0.25, 0.3) is 0 Å². The van der Waals surface area contributed by atoms with Crippen LogP contribution in [-0.2, 0) is 6.54 Å². The first-order chi connectivity index (χ1) is 6.63. The van der Waals surface area contributed by atoms with Gasteiger partial charge in [-0.3, -0.25) is 4.90 Å². The van der Waals surface area contributed by atoms with Gasteiger partial charge in [0.2, 0.25) is 0 Å². The highest BCUT2D eigenvalue weighted by Gasteiger charge is 2.05. The summed E-state index contributed by atoms with van der Waals surface area (Å²) in [6.07, 6.45) is 0. The quantitative estimate of drug-likeness (QED) is 0.720. The lowest BCUT2D eigenvalue weighted by atomic mass is 10.2. The maximum Gasteiger partial charge on any atom is 0.129 e. The predicted molar refractivity (Wildman–Crippen MR) is 53.4 cm³/mol. The molecule has 0 saturated heterocycles. The van der Waals surface area contributed by atoms with Crippen LogP contribution in [0.1, 0.15) is 5.56 Å². The summed E-state index contributed by atoms with van der Waals surface area (Å²) in [7, 11) is 1.76. The molecule has 0 aromatic heterocycles. The number of halogens is 2. The van der Waals surface area contributed by atoms with Gasteiger partial charge in [-0.15, -0.1) is 0 Å². The second kappa shape index (κ2) is 4.94. The molecule has 2 nitrogen and oxygen atoms in total. The molecule has 1 aromatic rings. The van der Waals surface area contributed by atoms with E-state index < -0.39 is 0 Å². The Kier molecular flexibility index (Phi) is 3.87. The molecule has 0 saturated carbocycles. The van der Waals surface area contributed by atoms with E-state index in [1.165, 1.54) is 6.07 Å². The van der Waals surface area contributed by atoms with Crippen molar-refractivity contribution in [2.24, 2.45) is 0 Å². The number of hydrogen-bond acceptors (Lipinski definition) is 2. The van der Waals surface area contributed by atoms with E-state index in [0.717, 1.165) is 0 Å². The highest BCUT2D eigenvalue weighted by molar-refractivity contribution is 6.30. The number of nitrogens with zero attached hydrogens (tertiary/aromatic N) is 2. The maximum atomic E-state index is 13.3. The third-order valence-corrected chi connectivity index (χ3v) is 2.03. The van der Waals surface area contributed by atoms with E-state index in [0.29, 0.717) is 17.1 Å². The molecular weight excluding hydrogens is 203 g/mol. The normalized spacial score (nSPS) is 10.2. The van der Waals surface area contributed by atoms with Crippen LogP contribution in [0, 0.1) is 17.1 Å². The smallest absolute Gasteiger partial charge is 0.129 e. The molecule has 0 radical (unpaired) electrons. The minimum Gasteiger partial charge on any atom is -0.289 e. The molecule has 0 aliphatic heterocycles. The molecule has 0 spiro atoms. The molecule has 0 heterocycles. The molecule has 74 valence electrons. The summed E-state index contributed by atoms with van der Waals surface area (Å²) in [6.45, 7) is 0.693. The van der Waals surface area contributed by atoms with Crippen molar-refractivity contribution in [1.29, 1.82) is 5.26 Å². The van der Waals surface area contributed by atoms with Crippen molar-refractivity contribution in [2.75, 3.05) is 13.6 Å². The lowest BCUT2D eigenvalue weighted by molar-refractivity contribution is 0.360. The van der Waals surface area contributed by atoms with E-state index in [1.54, 1.807) is 24.1 Å². The standard InChI is InChI=1S/C10H10ClFN2/c1-14(5-4-13)7-8-2-3-9(11)6-10(8)12/h2-3,6H,5,7H2,1H3. The van der Waals surface area contributed by atoms with Gasteiger partial charge in [-0.1, -0.05) is 17.7 Å². The van der Waals surface area contributed by atoms with Gasteiger partial charge >= 0.3 is 0 Å². The van der Waals surface area contributed by atoms with Crippen LogP contribution in [-0.4, -0.2) is 18.5 Å². The molecule has 14 heavy (non-hydrogen) atoms. The van der Waals surface area contributed by atoms with E-state index >= 15 is 0 Å². The van der Waals surface area contributed by atoms with E-state index in [9.17, 15) is 4.39 Å². The van der Waals surface area contributed by atoms with Crippen LogP contribution in [0.25, 0.3) is 0 Å². The molecule has 4 heteroatoms. The Bertz CT molecular complexity index is 360. The van der Waals surface area contributed by atoms with Gasteiger partial charge in [0.05, 0.1) is 12.6 Å². The number of benzene rings is 1. The largest absolute Gasteiger partial charge is 0.289 e. The highest BCUT2D eigenvalue weighted by atomic mass is 35.5. The topological polar surface area (TPSA) is 27.0 Å². The summed E-state index contributed by atoms with van der Waals surface area (Å²) in [4.78, 5) is 1.73. The van der Waals surface area contributed by atoms with Gasteiger partial charge in [-0.2, -0.15) is 5.26 Å². The van der Waals surface area contributed by atoms with Gasteiger partial charge in [0, 0.05) is 17.1 Å². The Balaban J connectivity index is 2.73. The van der Waals surface area contributed by atoms with Crippen LogP contribution in [0.5, 0.6) is 0 Å². The van der Waals surface area contributed by atoms with Crippen molar-refractivity contribution >= 4 is 11.6 Å². The average Bonchev–Trinajstić information content (AvgIpc) is 2.10. The summed E-state index contributed by atoms with van der Waals surface area (Å²) >= 11 is 5.61. The summed E-state index contributed by atoms with van der Waals surface area (Å²) < 4.78 is 13.3. The molecular formula is C10H10ClFN2. The molecule has 0 atom stereocenters. The maximum absolute atomic E-state index is 13.3. The predicted octanol–water partition coefficient (Wildman–Crippen LogP) is 2.43. The van der Waals surface area contributed by atoms with Crippen molar-refractivity contribution < 1.29 is 4.39 Å². The molecule has 0 amide bonds.